The summed E-state index contributed by atoms with van der Waals surface area (Å²) in [6, 6.07) is 5.97. The molecule has 0 atom stereocenters. The molecular weight excluding hydrogens is 376 g/mol. The lowest BCUT2D eigenvalue weighted by atomic mass is 10.1. The van der Waals surface area contributed by atoms with E-state index in [1.165, 1.54) is 6.33 Å². The summed E-state index contributed by atoms with van der Waals surface area (Å²) in [4.78, 5) is 23.5. The van der Waals surface area contributed by atoms with Crippen LogP contribution in [0.15, 0.2) is 28.9 Å². The van der Waals surface area contributed by atoms with Crippen molar-refractivity contribution in [3.05, 3.63) is 24.5 Å². The Labute approximate surface area is 165 Å². The lowest BCUT2D eigenvalue weighted by molar-refractivity contribution is 0.161. The summed E-state index contributed by atoms with van der Waals surface area (Å²) in [7, 11) is 0. The summed E-state index contributed by atoms with van der Waals surface area (Å²) in [5, 5.41) is 8.35. The molecule has 11 nitrogen and oxygen atoms in total. The maximum absolute atomic E-state index is 10.6. The van der Waals surface area contributed by atoms with Gasteiger partial charge in [-0.25, -0.2) is 19.4 Å². The number of oxazole rings is 1. The van der Waals surface area contributed by atoms with Crippen molar-refractivity contribution in [2.45, 2.75) is 19.9 Å². The highest BCUT2D eigenvalue weighted by Gasteiger charge is 2.19. The maximum Gasteiger partial charge on any atom is 0.404 e. The van der Waals surface area contributed by atoms with Gasteiger partial charge in [-0.2, -0.15) is 10.1 Å². The first kappa shape index (κ1) is 18.5. The molecule has 0 unspecified atom stereocenters. The number of amides is 1. The van der Waals surface area contributed by atoms with E-state index < -0.39 is 6.09 Å². The molecule has 0 aliphatic rings. The van der Waals surface area contributed by atoms with E-state index in [9.17, 15) is 4.79 Å². The predicted molar refractivity (Wildman–Crippen MR) is 107 cm³/mol. The number of hydrogen-bond donors (Lipinski definition) is 3. The van der Waals surface area contributed by atoms with Gasteiger partial charge in [-0.15, -0.1) is 0 Å². The van der Waals surface area contributed by atoms with Gasteiger partial charge in [0.25, 0.3) is 6.01 Å². The Kier molecular flexibility index (Phi) is 4.63. The molecule has 0 fully saturated rings. The molecule has 0 spiro atoms. The normalized spacial score (nSPS) is 11.4. The van der Waals surface area contributed by atoms with Crippen molar-refractivity contribution < 1.29 is 13.9 Å². The number of fused-ring (bicyclic) bond motifs is 2. The average Bonchev–Trinajstić information content (AvgIpc) is 3.26. The number of aromatic nitrogens is 5. The first-order valence-electron chi connectivity index (χ1n) is 9.00. The van der Waals surface area contributed by atoms with E-state index in [0.717, 1.165) is 5.56 Å². The maximum atomic E-state index is 10.6. The van der Waals surface area contributed by atoms with Crippen molar-refractivity contribution >= 4 is 40.1 Å². The molecule has 11 heteroatoms. The van der Waals surface area contributed by atoms with Crippen LogP contribution in [0, 0.1) is 0 Å². The molecule has 0 bridgehead atoms. The van der Waals surface area contributed by atoms with Crippen molar-refractivity contribution in [3.8, 4) is 11.3 Å². The Hall–Kier alpha value is -3.89. The number of anilines is 2. The van der Waals surface area contributed by atoms with Crippen LogP contribution in [-0.4, -0.2) is 44.0 Å². The van der Waals surface area contributed by atoms with Gasteiger partial charge in [0, 0.05) is 11.6 Å². The minimum Gasteiger partial charge on any atom is -0.448 e. The summed E-state index contributed by atoms with van der Waals surface area (Å²) in [5.41, 5.74) is 14.5. The van der Waals surface area contributed by atoms with Gasteiger partial charge in [-0.05, 0) is 32.0 Å². The van der Waals surface area contributed by atoms with E-state index in [1.807, 2.05) is 36.7 Å². The molecule has 0 saturated carbocycles. The number of hydrogen-bond acceptors (Lipinski definition) is 9. The smallest absolute Gasteiger partial charge is 0.404 e. The molecule has 0 aliphatic carbocycles. The second-order valence-electron chi connectivity index (χ2n) is 6.64. The van der Waals surface area contributed by atoms with E-state index in [1.54, 1.807) is 0 Å². The number of nitrogens with zero attached hydrogens (tertiary/aromatic N) is 5. The molecule has 29 heavy (non-hydrogen) atoms. The Bertz CT molecular complexity index is 1200. The molecule has 3 aromatic heterocycles. The van der Waals surface area contributed by atoms with Gasteiger partial charge >= 0.3 is 6.09 Å². The van der Waals surface area contributed by atoms with Gasteiger partial charge in [0.05, 0.1) is 11.9 Å². The lowest BCUT2D eigenvalue weighted by Gasteiger charge is -2.05. The van der Waals surface area contributed by atoms with Crippen molar-refractivity contribution in [2.24, 2.45) is 5.73 Å². The number of benzene rings is 1. The third kappa shape index (κ3) is 3.49. The van der Waals surface area contributed by atoms with E-state index in [0.29, 0.717) is 46.2 Å². The van der Waals surface area contributed by atoms with Gasteiger partial charge in [0.1, 0.15) is 30.0 Å². The molecule has 0 aliphatic heterocycles. The highest BCUT2D eigenvalue weighted by molar-refractivity contribution is 5.99. The highest BCUT2D eigenvalue weighted by atomic mass is 16.5. The van der Waals surface area contributed by atoms with Crippen molar-refractivity contribution in [3.63, 3.8) is 0 Å². The van der Waals surface area contributed by atoms with Gasteiger partial charge in [0.15, 0.2) is 11.2 Å². The van der Waals surface area contributed by atoms with Crippen LogP contribution in [0.3, 0.4) is 0 Å². The molecule has 4 aromatic rings. The molecule has 1 amide bonds. The third-order valence-corrected chi connectivity index (χ3v) is 4.29. The van der Waals surface area contributed by atoms with Crippen LogP contribution in [-0.2, 0) is 4.74 Å². The van der Waals surface area contributed by atoms with Gasteiger partial charge < -0.3 is 25.9 Å². The SMILES string of the molecule is CC(C)n1nc(-c2ccc3oc(NCCOC(N)=O)nc3c2)c2c(N)ncnc21. The molecule has 0 radical (unpaired) electrons. The van der Waals surface area contributed by atoms with E-state index in [4.69, 9.17) is 21.0 Å². The van der Waals surface area contributed by atoms with Crippen LogP contribution in [0.2, 0.25) is 0 Å². The fourth-order valence-electron chi connectivity index (χ4n) is 3.02. The molecule has 150 valence electrons. The average molecular weight is 396 g/mol. The van der Waals surface area contributed by atoms with Crippen LogP contribution < -0.4 is 16.8 Å². The number of carbonyl (C=O) groups excluding carboxylic acids is 1. The fourth-order valence-corrected chi connectivity index (χ4v) is 3.02. The van der Waals surface area contributed by atoms with Crippen molar-refractivity contribution in [1.29, 1.82) is 0 Å². The number of nitrogens with one attached hydrogen (secondary N) is 1. The van der Waals surface area contributed by atoms with Crippen LogP contribution in [0.5, 0.6) is 0 Å². The summed E-state index contributed by atoms with van der Waals surface area (Å²) >= 11 is 0. The number of rotatable bonds is 6. The summed E-state index contributed by atoms with van der Waals surface area (Å²) in [5.74, 6) is 0.369. The summed E-state index contributed by atoms with van der Waals surface area (Å²) in [6.45, 7) is 4.47. The Morgan fingerprint density at radius 1 is 1.34 bits per heavy atom. The van der Waals surface area contributed by atoms with Crippen LogP contribution >= 0.6 is 0 Å². The van der Waals surface area contributed by atoms with E-state index in [-0.39, 0.29) is 12.6 Å². The second-order valence-corrected chi connectivity index (χ2v) is 6.64. The van der Waals surface area contributed by atoms with E-state index >= 15 is 0 Å². The largest absolute Gasteiger partial charge is 0.448 e. The lowest BCUT2D eigenvalue weighted by Crippen LogP contribution is -2.18. The Morgan fingerprint density at radius 2 is 2.17 bits per heavy atom. The number of nitrogen functional groups attached to an aromatic ring is 1. The first-order valence-corrected chi connectivity index (χ1v) is 9.00. The van der Waals surface area contributed by atoms with Crippen molar-refractivity contribution in [2.75, 3.05) is 24.2 Å². The van der Waals surface area contributed by atoms with Gasteiger partial charge in [0.2, 0.25) is 0 Å². The fraction of sp³-hybridized carbons (Fsp3) is 0.278. The molecule has 3 heterocycles. The number of primary amides is 1. The molecule has 5 N–H and O–H groups in total. The third-order valence-electron chi connectivity index (χ3n) is 4.29. The van der Waals surface area contributed by atoms with Crippen molar-refractivity contribution in [1.82, 2.24) is 24.7 Å². The van der Waals surface area contributed by atoms with Gasteiger partial charge in [-0.3, -0.25) is 0 Å². The Morgan fingerprint density at radius 3 is 2.93 bits per heavy atom. The van der Waals surface area contributed by atoms with E-state index in [2.05, 4.69) is 25.0 Å². The molecule has 1 aromatic carbocycles. The van der Waals surface area contributed by atoms with Crippen LogP contribution in [0.1, 0.15) is 19.9 Å². The number of ether oxygens (including phenoxy) is 1. The highest BCUT2D eigenvalue weighted by Crippen LogP contribution is 2.33. The van der Waals surface area contributed by atoms with Crippen LogP contribution in [0.25, 0.3) is 33.4 Å². The van der Waals surface area contributed by atoms with Crippen LogP contribution in [0.4, 0.5) is 16.6 Å². The standard InChI is InChI=1S/C18H20N8O3/c1-9(2)26-16-13(15(19)22-8-23-16)14(25-26)10-3-4-12-11(7-10)24-18(29-12)21-5-6-28-17(20)27/h3-4,7-9H,5-6H2,1-2H3,(H2,20,27)(H,21,24)(H2,19,22,23). The van der Waals surface area contributed by atoms with Gasteiger partial charge in [-0.1, -0.05) is 0 Å². The zero-order valence-electron chi connectivity index (χ0n) is 15.9. The predicted octanol–water partition coefficient (Wildman–Crippen LogP) is 2.30. The molecule has 0 saturated heterocycles. The first-order chi connectivity index (χ1) is 13.9. The second kappa shape index (κ2) is 7.26. The monoisotopic (exact) mass is 396 g/mol. The minimum atomic E-state index is -0.828. The summed E-state index contributed by atoms with van der Waals surface area (Å²) in [6.07, 6.45) is 0.605. The zero-order valence-corrected chi connectivity index (χ0v) is 15.9. The quantitative estimate of drug-likeness (QED) is 0.415. The zero-order chi connectivity index (χ0) is 20.5. The molecule has 4 rings (SSSR count). The number of nitrogens with two attached hydrogens (primary N) is 2. The summed E-state index contributed by atoms with van der Waals surface area (Å²) < 4.78 is 12.1. The minimum absolute atomic E-state index is 0.106. The topological polar surface area (TPSA) is 160 Å². The molecular formula is C18H20N8O3. The Balaban J connectivity index is 1.69. The number of carbonyl (C=O) groups is 1.